The van der Waals surface area contributed by atoms with Gasteiger partial charge in [-0.2, -0.15) is 0 Å². The largest absolute Gasteiger partial charge is 0.347 e. The van der Waals surface area contributed by atoms with Crippen LogP contribution in [0.4, 0.5) is 5.69 Å². The lowest BCUT2D eigenvalue weighted by Gasteiger charge is -2.48. The molecule has 0 saturated heterocycles. The van der Waals surface area contributed by atoms with E-state index in [2.05, 4.69) is 12.2 Å². The number of nitrogens with zero attached hydrogens (tertiary/aromatic N) is 1. The fraction of sp³-hybridized carbons (Fsp3) is 0.611. The molecule has 3 atom stereocenters. The van der Waals surface area contributed by atoms with E-state index in [-0.39, 0.29) is 17.1 Å². The van der Waals surface area contributed by atoms with Gasteiger partial charge in [-0.05, 0) is 56.6 Å². The number of nitro groups is 1. The molecule has 2 saturated carbocycles. The zero-order valence-corrected chi connectivity index (χ0v) is 13.8. The van der Waals surface area contributed by atoms with Gasteiger partial charge in [0, 0.05) is 22.7 Å². The summed E-state index contributed by atoms with van der Waals surface area (Å²) in [5, 5.41) is 14.2. The Morgan fingerprint density at radius 2 is 2.17 bits per heavy atom. The van der Waals surface area contributed by atoms with Gasteiger partial charge in [0.15, 0.2) is 0 Å². The molecule has 2 bridgehead atoms. The fourth-order valence-corrected chi connectivity index (χ4v) is 4.67. The van der Waals surface area contributed by atoms with E-state index in [1.807, 2.05) is 0 Å². The zero-order chi connectivity index (χ0) is 16.6. The first-order valence-corrected chi connectivity index (χ1v) is 8.46. The van der Waals surface area contributed by atoms with Gasteiger partial charge in [0.25, 0.3) is 11.6 Å². The number of hydrogen-bond acceptors (Lipinski definition) is 3. The van der Waals surface area contributed by atoms with E-state index in [1.165, 1.54) is 25.3 Å². The third-order valence-electron chi connectivity index (χ3n) is 5.46. The van der Waals surface area contributed by atoms with Crippen LogP contribution in [0, 0.1) is 28.9 Å². The van der Waals surface area contributed by atoms with Gasteiger partial charge in [0.1, 0.15) is 0 Å². The molecule has 23 heavy (non-hydrogen) atoms. The van der Waals surface area contributed by atoms with Crippen LogP contribution in [-0.2, 0) is 0 Å². The number of benzene rings is 1. The highest BCUT2D eigenvalue weighted by Crippen LogP contribution is 2.45. The summed E-state index contributed by atoms with van der Waals surface area (Å²) in [6.07, 6.45) is 6.89. The van der Waals surface area contributed by atoms with Gasteiger partial charge in [0.2, 0.25) is 0 Å². The minimum Gasteiger partial charge on any atom is -0.347 e. The summed E-state index contributed by atoms with van der Waals surface area (Å²) in [7, 11) is 0. The van der Waals surface area contributed by atoms with Crippen LogP contribution in [0.15, 0.2) is 18.2 Å². The maximum Gasteiger partial charge on any atom is 0.272 e. The van der Waals surface area contributed by atoms with E-state index in [0.29, 0.717) is 17.0 Å². The molecule has 1 aromatic rings. The SMILES string of the molecule is Cc1cc(C(=O)NC23CCCC(CC(C)C2)C3)ccc1[N+](=O)[O-]. The van der Waals surface area contributed by atoms with Crippen LogP contribution in [0.3, 0.4) is 0 Å². The Morgan fingerprint density at radius 1 is 1.39 bits per heavy atom. The van der Waals surface area contributed by atoms with Crippen molar-refractivity contribution >= 4 is 11.6 Å². The van der Waals surface area contributed by atoms with Gasteiger partial charge < -0.3 is 5.32 Å². The Bertz CT molecular complexity index is 639. The lowest BCUT2D eigenvalue weighted by Crippen LogP contribution is -2.54. The fourth-order valence-electron chi connectivity index (χ4n) is 4.67. The number of hydrogen-bond donors (Lipinski definition) is 1. The third kappa shape index (κ3) is 3.23. The highest BCUT2D eigenvalue weighted by molar-refractivity contribution is 5.95. The summed E-state index contributed by atoms with van der Waals surface area (Å²) in [5.41, 5.74) is 1.03. The van der Waals surface area contributed by atoms with Crippen molar-refractivity contribution in [1.29, 1.82) is 0 Å². The standard InChI is InChI=1S/C18H24N2O3/c1-12-8-14-4-3-7-18(10-12,11-14)19-17(21)15-5-6-16(20(22)23)13(2)9-15/h5-6,9,12,14H,3-4,7-8,10-11H2,1-2H3,(H,19,21). The highest BCUT2D eigenvalue weighted by atomic mass is 16.6. The molecule has 2 fully saturated rings. The van der Waals surface area contributed by atoms with Crippen molar-refractivity contribution in [3.63, 3.8) is 0 Å². The molecule has 0 heterocycles. The molecule has 1 amide bonds. The number of amides is 1. The summed E-state index contributed by atoms with van der Waals surface area (Å²) in [6.45, 7) is 3.95. The maximum atomic E-state index is 12.7. The van der Waals surface area contributed by atoms with Gasteiger partial charge in [-0.1, -0.05) is 19.8 Å². The van der Waals surface area contributed by atoms with Crippen molar-refractivity contribution in [2.75, 3.05) is 0 Å². The number of aryl methyl sites for hydroxylation is 1. The summed E-state index contributed by atoms with van der Waals surface area (Å²) < 4.78 is 0. The Kier molecular flexibility index (Phi) is 4.13. The van der Waals surface area contributed by atoms with Crippen LogP contribution in [-0.4, -0.2) is 16.4 Å². The van der Waals surface area contributed by atoms with E-state index < -0.39 is 4.92 Å². The van der Waals surface area contributed by atoms with Gasteiger partial charge in [-0.15, -0.1) is 0 Å². The van der Waals surface area contributed by atoms with Crippen LogP contribution >= 0.6 is 0 Å². The first kappa shape index (κ1) is 16.0. The van der Waals surface area contributed by atoms with Crippen molar-refractivity contribution in [3.05, 3.63) is 39.4 Å². The summed E-state index contributed by atoms with van der Waals surface area (Å²) >= 11 is 0. The molecular formula is C18H24N2O3. The molecule has 2 aliphatic rings. The molecule has 1 aromatic carbocycles. The molecule has 1 N–H and O–H groups in total. The second kappa shape index (κ2) is 5.95. The van der Waals surface area contributed by atoms with Crippen molar-refractivity contribution in [3.8, 4) is 0 Å². The minimum absolute atomic E-state index is 0.0590. The predicted octanol–water partition coefficient (Wildman–Crippen LogP) is 3.99. The highest BCUT2D eigenvalue weighted by Gasteiger charge is 2.42. The average molecular weight is 316 g/mol. The number of rotatable bonds is 3. The molecule has 2 aliphatic carbocycles. The second-order valence-corrected chi connectivity index (χ2v) is 7.50. The molecule has 3 unspecified atom stereocenters. The topological polar surface area (TPSA) is 72.2 Å². The Labute approximate surface area is 136 Å². The Balaban J connectivity index is 1.78. The lowest BCUT2D eigenvalue weighted by molar-refractivity contribution is -0.385. The molecule has 5 heteroatoms. The smallest absolute Gasteiger partial charge is 0.272 e. The summed E-state index contributed by atoms with van der Waals surface area (Å²) in [4.78, 5) is 23.2. The number of fused-ring (bicyclic) bond motifs is 2. The van der Waals surface area contributed by atoms with Crippen LogP contribution < -0.4 is 5.32 Å². The van der Waals surface area contributed by atoms with E-state index in [4.69, 9.17) is 0 Å². The molecule has 124 valence electrons. The number of nitrogens with one attached hydrogen (secondary N) is 1. The van der Waals surface area contributed by atoms with Crippen molar-refractivity contribution in [1.82, 2.24) is 5.32 Å². The molecule has 0 spiro atoms. The number of nitro benzene ring substituents is 1. The monoisotopic (exact) mass is 316 g/mol. The van der Waals surface area contributed by atoms with Crippen LogP contribution in [0.25, 0.3) is 0 Å². The van der Waals surface area contributed by atoms with Gasteiger partial charge in [0.05, 0.1) is 4.92 Å². The zero-order valence-electron chi connectivity index (χ0n) is 13.8. The maximum absolute atomic E-state index is 12.7. The quantitative estimate of drug-likeness (QED) is 0.677. The van der Waals surface area contributed by atoms with E-state index >= 15 is 0 Å². The van der Waals surface area contributed by atoms with E-state index in [0.717, 1.165) is 25.2 Å². The lowest BCUT2D eigenvalue weighted by atomic mass is 9.64. The Morgan fingerprint density at radius 3 is 2.87 bits per heavy atom. The molecule has 3 rings (SSSR count). The van der Waals surface area contributed by atoms with E-state index in [1.54, 1.807) is 19.1 Å². The molecule has 0 radical (unpaired) electrons. The molecule has 0 aliphatic heterocycles. The van der Waals surface area contributed by atoms with Crippen LogP contribution in [0.2, 0.25) is 0 Å². The van der Waals surface area contributed by atoms with Gasteiger partial charge >= 0.3 is 0 Å². The summed E-state index contributed by atoms with van der Waals surface area (Å²) in [5.74, 6) is 1.28. The molecular weight excluding hydrogens is 292 g/mol. The summed E-state index contributed by atoms with van der Waals surface area (Å²) in [6, 6.07) is 4.61. The predicted molar refractivity (Wildman–Crippen MR) is 88.4 cm³/mol. The molecule has 5 nitrogen and oxygen atoms in total. The van der Waals surface area contributed by atoms with Crippen molar-refractivity contribution in [2.45, 2.75) is 57.9 Å². The van der Waals surface area contributed by atoms with E-state index in [9.17, 15) is 14.9 Å². The third-order valence-corrected chi connectivity index (χ3v) is 5.46. The first-order valence-electron chi connectivity index (χ1n) is 8.46. The Hall–Kier alpha value is -1.91. The average Bonchev–Trinajstić information content (AvgIpc) is 2.45. The normalized spacial score (nSPS) is 29.8. The first-order chi connectivity index (χ1) is 10.9. The molecule has 0 aromatic heterocycles. The van der Waals surface area contributed by atoms with Crippen molar-refractivity contribution < 1.29 is 9.72 Å². The second-order valence-electron chi connectivity index (χ2n) is 7.50. The minimum atomic E-state index is -0.412. The van der Waals surface area contributed by atoms with Crippen LogP contribution in [0.5, 0.6) is 0 Å². The van der Waals surface area contributed by atoms with Crippen LogP contribution in [0.1, 0.15) is 61.4 Å². The van der Waals surface area contributed by atoms with Gasteiger partial charge in [-0.25, -0.2) is 0 Å². The van der Waals surface area contributed by atoms with Gasteiger partial charge in [-0.3, -0.25) is 14.9 Å². The number of carbonyl (C=O) groups is 1. The van der Waals surface area contributed by atoms with Crippen molar-refractivity contribution in [2.24, 2.45) is 11.8 Å². The number of carbonyl (C=O) groups excluding carboxylic acids is 1.